The molecule has 31 heavy (non-hydrogen) atoms. The van der Waals surface area contributed by atoms with Gasteiger partial charge in [-0.15, -0.1) is 11.3 Å². The second kappa shape index (κ2) is 10.7. The number of methoxy groups -OCH3 is 1. The zero-order valence-corrected chi connectivity index (χ0v) is 19.1. The Balaban J connectivity index is 1.66. The minimum atomic E-state index is -0.616. The van der Waals surface area contributed by atoms with Gasteiger partial charge in [-0.1, -0.05) is 35.9 Å². The molecule has 0 radical (unpaired) electrons. The standard InChI is InChI=1S/C22H26ClN3O4S/c1-15(27)24-18(19-8-5-13-31-19)14-20(28)25-9-11-26(12-10-25)21(22(29)30-2)16-6-3-4-7-17(16)23/h3-8,13,18,21H,9-12,14H2,1-2H3,(H,24,27). The molecule has 9 heteroatoms. The minimum Gasteiger partial charge on any atom is -0.468 e. The summed E-state index contributed by atoms with van der Waals surface area (Å²) in [5.74, 6) is -0.577. The average Bonchev–Trinajstić information content (AvgIpc) is 3.29. The molecule has 1 aliphatic heterocycles. The lowest BCUT2D eigenvalue weighted by Gasteiger charge is -2.38. The molecule has 0 saturated carbocycles. The lowest BCUT2D eigenvalue weighted by atomic mass is 10.0. The Kier molecular flexibility index (Phi) is 8.06. The minimum absolute atomic E-state index is 0.0286. The molecule has 1 N–H and O–H groups in total. The number of rotatable bonds is 7. The van der Waals surface area contributed by atoms with E-state index in [9.17, 15) is 14.4 Å². The zero-order valence-electron chi connectivity index (χ0n) is 17.5. The van der Waals surface area contributed by atoms with Crippen LogP contribution in [0.3, 0.4) is 0 Å². The first-order valence-corrected chi connectivity index (χ1v) is 11.3. The summed E-state index contributed by atoms with van der Waals surface area (Å²) in [6.45, 7) is 3.44. The molecule has 1 saturated heterocycles. The number of halogens is 1. The summed E-state index contributed by atoms with van der Waals surface area (Å²) in [6, 6.07) is 10.1. The van der Waals surface area contributed by atoms with Crippen molar-refractivity contribution in [2.45, 2.75) is 25.4 Å². The molecule has 0 bridgehead atoms. The predicted molar refractivity (Wildman–Crippen MR) is 120 cm³/mol. The Morgan fingerprint density at radius 2 is 1.84 bits per heavy atom. The van der Waals surface area contributed by atoms with Gasteiger partial charge < -0.3 is 15.0 Å². The van der Waals surface area contributed by atoms with Gasteiger partial charge in [0.1, 0.15) is 6.04 Å². The maximum absolute atomic E-state index is 12.9. The number of piperazine rings is 1. The van der Waals surface area contributed by atoms with E-state index in [-0.39, 0.29) is 30.2 Å². The van der Waals surface area contributed by atoms with Gasteiger partial charge in [-0.2, -0.15) is 0 Å². The SMILES string of the molecule is COC(=O)C(c1ccccc1Cl)N1CCN(C(=O)CC(NC(C)=O)c2cccs2)CC1. The van der Waals surface area contributed by atoms with Gasteiger partial charge in [-0.05, 0) is 23.1 Å². The van der Waals surface area contributed by atoms with Gasteiger partial charge >= 0.3 is 5.97 Å². The molecule has 1 aromatic carbocycles. The van der Waals surface area contributed by atoms with Gasteiger partial charge in [0.2, 0.25) is 11.8 Å². The third-order valence-electron chi connectivity index (χ3n) is 5.30. The molecule has 2 amide bonds. The predicted octanol–water partition coefficient (Wildman–Crippen LogP) is 3.03. The van der Waals surface area contributed by atoms with E-state index in [2.05, 4.69) is 5.32 Å². The molecular formula is C22H26ClN3O4S. The maximum atomic E-state index is 12.9. The van der Waals surface area contributed by atoms with E-state index in [1.807, 2.05) is 40.6 Å². The van der Waals surface area contributed by atoms with Gasteiger partial charge in [0.25, 0.3) is 0 Å². The van der Waals surface area contributed by atoms with Gasteiger partial charge in [0, 0.05) is 43.0 Å². The van der Waals surface area contributed by atoms with E-state index in [1.54, 1.807) is 11.0 Å². The number of carbonyl (C=O) groups is 3. The van der Waals surface area contributed by atoms with E-state index in [0.717, 1.165) is 4.88 Å². The first-order valence-electron chi connectivity index (χ1n) is 10.0. The summed E-state index contributed by atoms with van der Waals surface area (Å²) < 4.78 is 5.02. The van der Waals surface area contributed by atoms with Crippen LogP contribution < -0.4 is 5.32 Å². The van der Waals surface area contributed by atoms with Crippen molar-refractivity contribution in [3.05, 3.63) is 57.2 Å². The van der Waals surface area contributed by atoms with Gasteiger partial charge in [0.05, 0.1) is 19.6 Å². The van der Waals surface area contributed by atoms with Crippen LogP contribution in [0.2, 0.25) is 5.02 Å². The van der Waals surface area contributed by atoms with Crippen molar-refractivity contribution < 1.29 is 19.1 Å². The summed E-state index contributed by atoms with van der Waals surface area (Å²) in [5, 5.41) is 5.30. The Morgan fingerprint density at radius 1 is 1.13 bits per heavy atom. The number of carbonyl (C=O) groups excluding carboxylic acids is 3. The first-order chi connectivity index (χ1) is 14.9. The second-order valence-electron chi connectivity index (χ2n) is 7.34. The average molecular weight is 464 g/mol. The molecule has 2 atom stereocenters. The van der Waals surface area contributed by atoms with E-state index in [1.165, 1.54) is 25.4 Å². The number of ether oxygens (including phenoxy) is 1. The van der Waals surface area contributed by atoms with E-state index >= 15 is 0 Å². The fourth-order valence-corrected chi connectivity index (χ4v) is 4.79. The van der Waals surface area contributed by atoms with Crippen LogP contribution in [0.5, 0.6) is 0 Å². The van der Waals surface area contributed by atoms with Crippen LogP contribution in [0.1, 0.15) is 35.9 Å². The van der Waals surface area contributed by atoms with Crippen LogP contribution in [-0.2, 0) is 19.1 Å². The molecule has 0 spiro atoms. The van der Waals surface area contributed by atoms with Crippen LogP contribution in [-0.4, -0.2) is 60.9 Å². The van der Waals surface area contributed by atoms with Crippen molar-refractivity contribution >= 4 is 40.7 Å². The highest BCUT2D eigenvalue weighted by Gasteiger charge is 2.34. The molecule has 2 unspecified atom stereocenters. The molecule has 1 aromatic heterocycles. The molecule has 7 nitrogen and oxygen atoms in total. The number of benzene rings is 1. The van der Waals surface area contributed by atoms with Crippen molar-refractivity contribution in [3.63, 3.8) is 0 Å². The largest absolute Gasteiger partial charge is 0.468 e. The third-order valence-corrected chi connectivity index (χ3v) is 6.63. The van der Waals surface area contributed by atoms with Crippen molar-refractivity contribution in [2.24, 2.45) is 0 Å². The number of nitrogens with zero attached hydrogens (tertiary/aromatic N) is 2. The Hall–Kier alpha value is -2.42. The monoisotopic (exact) mass is 463 g/mol. The summed E-state index contributed by atoms with van der Waals surface area (Å²) in [5.41, 5.74) is 0.694. The van der Waals surface area contributed by atoms with E-state index in [0.29, 0.717) is 36.8 Å². The van der Waals surface area contributed by atoms with E-state index in [4.69, 9.17) is 16.3 Å². The summed E-state index contributed by atoms with van der Waals surface area (Å²) in [6.07, 6.45) is 0.199. The number of esters is 1. The molecule has 2 aromatic rings. The van der Waals surface area contributed by atoms with Crippen LogP contribution in [0, 0.1) is 0 Å². The van der Waals surface area contributed by atoms with Crippen molar-refractivity contribution in [1.29, 1.82) is 0 Å². The topological polar surface area (TPSA) is 79.0 Å². The molecular weight excluding hydrogens is 438 g/mol. The van der Waals surface area contributed by atoms with Gasteiger partial charge in [-0.3, -0.25) is 14.5 Å². The molecule has 3 rings (SSSR count). The summed E-state index contributed by atoms with van der Waals surface area (Å²) in [7, 11) is 1.36. The maximum Gasteiger partial charge on any atom is 0.327 e. The van der Waals surface area contributed by atoms with Crippen LogP contribution in [0.25, 0.3) is 0 Å². The van der Waals surface area contributed by atoms with Crippen molar-refractivity contribution in [2.75, 3.05) is 33.3 Å². The Labute approximate surface area is 190 Å². The first kappa shape index (κ1) is 23.2. The van der Waals surface area contributed by atoms with Crippen molar-refractivity contribution in [3.8, 4) is 0 Å². The molecule has 1 fully saturated rings. The van der Waals surface area contributed by atoms with Crippen LogP contribution in [0.4, 0.5) is 0 Å². The lowest BCUT2D eigenvalue weighted by Crippen LogP contribution is -2.51. The number of hydrogen-bond acceptors (Lipinski definition) is 6. The normalized spacial score (nSPS) is 16.4. The lowest BCUT2D eigenvalue weighted by molar-refractivity contribution is -0.148. The highest BCUT2D eigenvalue weighted by molar-refractivity contribution is 7.10. The number of amides is 2. The fourth-order valence-electron chi connectivity index (χ4n) is 3.77. The fraction of sp³-hybridized carbons (Fsp3) is 0.409. The molecule has 1 aliphatic rings. The highest BCUT2D eigenvalue weighted by Crippen LogP contribution is 2.30. The summed E-state index contributed by atoms with van der Waals surface area (Å²) in [4.78, 5) is 41.7. The number of thiophene rings is 1. The number of hydrogen-bond donors (Lipinski definition) is 1. The van der Waals surface area contributed by atoms with Gasteiger partial charge in [-0.25, -0.2) is 4.79 Å². The summed E-state index contributed by atoms with van der Waals surface area (Å²) >= 11 is 7.85. The number of nitrogens with one attached hydrogen (secondary N) is 1. The van der Waals surface area contributed by atoms with E-state index < -0.39 is 6.04 Å². The zero-order chi connectivity index (χ0) is 22.4. The molecule has 2 heterocycles. The van der Waals surface area contributed by atoms with Crippen LogP contribution in [0.15, 0.2) is 41.8 Å². The third kappa shape index (κ3) is 5.84. The van der Waals surface area contributed by atoms with Crippen molar-refractivity contribution in [1.82, 2.24) is 15.1 Å². The molecule has 0 aliphatic carbocycles. The smallest absolute Gasteiger partial charge is 0.327 e. The molecule has 166 valence electrons. The Bertz CT molecular complexity index is 913. The van der Waals surface area contributed by atoms with Gasteiger partial charge in [0.15, 0.2) is 0 Å². The quantitative estimate of drug-likeness (QED) is 0.638. The second-order valence-corrected chi connectivity index (χ2v) is 8.72. The van der Waals surface area contributed by atoms with Crippen LogP contribution >= 0.6 is 22.9 Å². The highest BCUT2D eigenvalue weighted by atomic mass is 35.5. The Morgan fingerprint density at radius 3 is 2.42 bits per heavy atom.